The zero-order valence-corrected chi connectivity index (χ0v) is 13.1. The van der Waals surface area contributed by atoms with Crippen molar-refractivity contribution in [3.8, 4) is 0 Å². The van der Waals surface area contributed by atoms with Gasteiger partial charge >= 0.3 is 0 Å². The van der Waals surface area contributed by atoms with Crippen LogP contribution in [0.2, 0.25) is 0 Å². The van der Waals surface area contributed by atoms with E-state index in [-0.39, 0.29) is 0 Å². The predicted octanol–water partition coefficient (Wildman–Crippen LogP) is 3.27. The molecule has 1 aliphatic carbocycles. The van der Waals surface area contributed by atoms with Crippen LogP contribution in [0.5, 0.6) is 0 Å². The van der Waals surface area contributed by atoms with E-state index in [1.54, 1.807) is 0 Å². The summed E-state index contributed by atoms with van der Waals surface area (Å²) < 4.78 is 0. The average molecular weight is 281 g/mol. The van der Waals surface area contributed by atoms with Gasteiger partial charge in [0.25, 0.3) is 0 Å². The van der Waals surface area contributed by atoms with E-state index in [9.17, 15) is 0 Å². The summed E-state index contributed by atoms with van der Waals surface area (Å²) in [5.41, 5.74) is 6.37. The fraction of sp³-hybridized carbons (Fsp3) is 0.800. The summed E-state index contributed by atoms with van der Waals surface area (Å²) in [5, 5.41) is 4.87. The van der Waals surface area contributed by atoms with Gasteiger partial charge in [-0.3, -0.25) is 0 Å². The predicted molar refractivity (Wildman–Crippen MR) is 82.5 cm³/mol. The van der Waals surface area contributed by atoms with Gasteiger partial charge in [0.1, 0.15) is 5.01 Å². The van der Waals surface area contributed by atoms with Crippen LogP contribution in [0.1, 0.15) is 61.9 Å². The molecule has 1 aliphatic rings. The molecule has 0 spiro atoms. The third-order valence-electron chi connectivity index (χ3n) is 4.42. The third-order valence-corrected chi connectivity index (χ3v) is 5.75. The van der Waals surface area contributed by atoms with E-state index < -0.39 is 0 Å². The van der Waals surface area contributed by atoms with Crippen LogP contribution < -0.4 is 11.1 Å². The Morgan fingerprint density at radius 1 is 1.42 bits per heavy atom. The van der Waals surface area contributed by atoms with Gasteiger partial charge < -0.3 is 11.1 Å². The summed E-state index contributed by atoms with van der Waals surface area (Å²) in [6.07, 6.45) is 9.70. The molecule has 3 nitrogen and oxygen atoms in total. The summed E-state index contributed by atoms with van der Waals surface area (Å²) in [4.78, 5) is 5.89. The molecule has 19 heavy (non-hydrogen) atoms. The largest absolute Gasteiger partial charge is 0.330 e. The molecule has 4 heteroatoms. The van der Waals surface area contributed by atoms with Crippen molar-refractivity contribution in [3.63, 3.8) is 0 Å². The van der Waals surface area contributed by atoms with Gasteiger partial charge in [-0.15, -0.1) is 11.3 Å². The van der Waals surface area contributed by atoms with Gasteiger partial charge in [-0.25, -0.2) is 4.98 Å². The third kappa shape index (κ3) is 3.77. The number of nitrogens with one attached hydrogen (secondary N) is 1. The summed E-state index contributed by atoms with van der Waals surface area (Å²) >= 11 is 1.83. The van der Waals surface area contributed by atoms with Gasteiger partial charge in [0.2, 0.25) is 0 Å². The van der Waals surface area contributed by atoms with Crippen molar-refractivity contribution in [3.05, 3.63) is 16.1 Å². The van der Waals surface area contributed by atoms with E-state index in [0.717, 1.165) is 19.5 Å². The topological polar surface area (TPSA) is 50.9 Å². The first-order valence-electron chi connectivity index (χ1n) is 7.57. The lowest BCUT2D eigenvalue weighted by molar-refractivity contribution is 0.186. The highest BCUT2D eigenvalue weighted by Gasteiger charge is 2.30. The first-order chi connectivity index (χ1) is 9.19. The van der Waals surface area contributed by atoms with Crippen molar-refractivity contribution in [2.45, 2.75) is 58.4 Å². The second kappa shape index (κ2) is 6.82. The van der Waals surface area contributed by atoms with E-state index in [0.29, 0.717) is 11.5 Å². The molecule has 0 amide bonds. The van der Waals surface area contributed by atoms with Gasteiger partial charge in [0.05, 0.1) is 6.04 Å². The summed E-state index contributed by atoms with van der Waals surface area (Å²) in [6, 6.07) is 0.343. The molecule has 0 aromatic carbocycles. The second-order valence-electron chi connectivity index (χ2n) is 5.89. The molecule has 1 unspecified atom stereocenters. The molecule has 0 aliphatic heterocycles. The minimum Gasteiger partial charge on any atom is -0.330 e. The van der Waals surface area contributed by atoms with E-state index in [1.807, 2.05) is 17.5 Å². The Balaban J connectivity index is 1.89. The molecular weight excluding hydrogens is 254 g/mol. The Labute approximate surface area is 121 Å². The Morgan fingerprint density at radius 3 is 2.74 bits per heavy atom. The van der Waals surface area contributed by atoms with Crippen molar-refractivity contribution in [1.82, 2.24) is 10.3 Å². The first kappa shape index (κ1) is 14.9. The smallest absolute Gasteiger partial charge is 0.109 e. The molecule has 1 atom stereocenters. The van der Waals surface area contributed by atoms with Crippen molar-refractivity contribution in [2.75, 3.05) is 13.1 Å². The van der Waals surface area contributed by atoms with Crippen LogP contribution in [0, 0.1) is 5.41 Å². The van der Waals surface area contributed by atoms with Crippen molar-refractivity contribution < 1.29 is 0 Å². The van der Waals surface area contributed by atoms with Crippen molar-refractivity contribution >= 4 is 11.3 Å². The minimum atomic E-state index is 0.331. The van der Waals surface area contributed by atoms with Crippen LogP contribution in [-0.4, -0.2) is 18.1 Å². The van der Waals surface area contributed by atoms with Crippen LogP contribution in [0.4, 0.5) is 0 Å². The maximum absolute atomic E-state index is 6.04. The highest BCUT2D eigenvalue weighted by molar-refractivity contribution is 7.11. The van der Waals surface area contributed by atoms with Crippen LogP contribution in [-0.2, 0) is 6.42 Å². The Kier molecular flexibility index (Phi) is 5.37. The van der Waals surface area contributed by atoms with E-state index in [2.05, 4.69) is 24.1 Å². The molecule has 1 saturated carbocycles. The zero-order chi connectivity index (χ0) is 13.7. The summed E-state index contributed by atoms with van der Waals surface area (Å²) in [7, 11) is 0. The van der Waals surface area contributed by atoms with Crippen LogP contribution >= 0.6 is 11.3 Å². The van der Waals surface area contributed by atoms with Crippen molar-refractivity contribution in [1.29, 1.82) is 0 Å². The van der Waals surface area contributed by atoms with Crippen LogP contribution in [0.15, 0.2) is 6.20 Å². The molecule has 1 aromatic heterocycles. The molecule has 108 valence electrons. The first-order valence-corrected chi connectivity index (χ1v) is 8.39. The molecule has 1 aromatic rings. The molecule has 1 fully saturated rings. The van der Waals surface area contributed by atoms with Gasteiger partial charge in [-0.05, 0) is 38.1 Å². The number of nitrogens with zero attached hydrogens (tertiary/aromatic N) is 1. The monoisotopic (exact) mass is 281 g/mol. The molecular formula is C15H27N3S. The standard InChI is InChI=1S/C15H27N3S/c1-3-13-9-17-14(19-13)12(2)18-11-15(10-16)7-5-4-6-8-15/h9,12,18H,3-8,10-11,16H2,1-2H3. The van der Waals surface area contributed by atoms with Crippen molar-refractivity contribution in [2.24, 2.45) is 11.1 Å². The van der Waals surface area contributed by atoms with Gasteiger partial charge in [0, 0.05) is 17.6 Å². The zero-order valence-electron chi connectivity index (χ0n) is 12.2. The molecule has 0 saturated heterocycles. The highest BCUT2D eigenvalue weighted by Crippen LogP contribution is 2.35. The molecule has 2 rings (SSSR count). The fourth-order valence-corrected chi connectivity index (χ4v) is 3.78. The summed E-state index contributed by atoms with van der Waals surface area (Å²) in [5.74, 6) is 0. The Hall–Kier alpha value is -0.450. The van der Waals surface area contributed by atoms with Crippen LogP contribution in [0.25, 0.3) is 0 Å². The minimum absolute atomic E-state index is 0.331. The Bertz CT molecular complexity index is 382. The molecule has 1 heterocycles. The molecule has 3 N–H and O–H groups in total. The number of thiazole rings is 1. The Morgan fingerprint density at radius 2 is 2.16 bits per heavy atom. The molecule has 0 bridgehead atoms. The normalized spacial score (nSPS) is 20.4. The maximum Gasteiger partial charge on any atom is 0.109 e. The second-order valence-corrected chi connectivity index (χ2v) is 7.03. The number of hydrogen-bond donors (Lipinski definition) is 2. The average Bonchev–Trinajstić information content (AvgIpc) is 2.95. The van der Waals surface area contributed by atoms with E-state index in [4.69, 9.17) is 5.73 Å². The van der Waals surface area contributed by atoms with Gasteiger partial charge in [0.15, 0.2) is 0 Å². The lowest BCUT2D eigenvalue weighted by Crippen LogP contribution is -2.42. The lowest BCUT2D eigenvalue weighted by atomic mass is 9.74. The van der Waals surface area contributed by atoms with Gasteiger partial charge in [-0.2, -0.15) is 0 Å². The number of hydrogen-bond acceptors (Lipinski definition) is 4. The summed E-state index contributed by atoms with van der Waals surface area (Å²) in [6.45, 7) is 6.24. The number of aromatic nitrogens is 1. The number of rotatable bonds is 6. The van der Waals surface area contributed by atoms with Gasteiger partial charge in [-0.1, -0.05) is 26.2 Å². The molecule has 0 radical (unpaired) electrons. The van der Waals surface area contributed by atoms with E-state index >= 15 is 0 Å². The SMILES string of the molecule is CCc1cnc(C(C)NCC2(CN)CCCCC2)s1. The quantitative estimate of drug-likeness (QED) is 0.841. The lowest BCUT2D eigenvalue weighted by Gasteiger charge is -2.37. The van der Waals surface area contributed by atoms with E-state index in [1.165, 1.54) is 42.0 Å². The van der Waals surface area contributed by atoms with Crippen LogP contribution in [0.3, 0.4) is 0 Å². The number of aryl methyl sites for hydroxylation is 1. The fourth-order valence-electron chi connectivity index (χ4n) is 2.90. The highest BCUT2D eigenvalue weighted by atomic mass is 32.1. The maximum atomic E-state index is 6.04. The number of nitrogens with two attached hydrogens (primary N) is 1.